The third-order valence-corrected chi connectivity index (χ3v) is 5.74. The van der Waals surface area contributed by atoms with Gasteiger partial charge in [0.2, 0.25) is 5.91 Å². The second-order valence-electron chi connectivity index (χ2n) is 7.86. The number of aromatic nitrogens is 1. The number of carbonyl (C=O) groups is 2. The maximum Gasteiger partial charge on any atom is 0.307 e. The van der Waals surface area contributed by atoms with Crippen LogP contribution in [0, 0.1) is 17.3 Å². The summed E-state index contributed by atoms with van der Waals surface area (Å²) in [6.45, 7) is 4.78. The molecule has 1 heterocycles. The van der Waals surface area contributed by atoms with Crippen LogP contribution in [0.1, 0.15) is 51.5 Å². The highest BCUT2D eigenvalue weighted by atomic mass is 16.4. The van der Waals surface area contributed by atoms with Gasteiger partial charge in [-0.3, -0.25) is 14.6 Å². The molecule has 3 rings (SSSR count). The first kappa shape index (κ1) is 17.6. The fourth-order valence-corrected chi connectivity index (χ4v) is 4.30. The molecule has 0 spiro atoms. The zero-order chi connectivity index (χ0) is 18.0. The van der Waals surface area contributed by atoms with Gasteiger partial charge in [0.25, 0.3) is 0 Å². The van der Waals surface area contributed by atoms with E-state index in [2.05, 4.69) is 24.1 Å². The Morgan fingerprint density at radius 1 is 1.32 bits per heavy atom. The van der Waals surface area contributed by atoms with E-state index >= 15 is 0 Å². The Kier molecular flexibility index (Phi) is 4.93. The molecule has 134 valence electrons. The van der Waals surface area contributed by atoms with Crippen molar-refractivity contribution < 1.29 is 14.7 Å². The summed E-state index contributed by atoms with van der Waals surface area (Å²) >= 11 is 0. The van der Waals surface area contributed by atoms with Crippen molar-refractivity contribution in [1.82, 2.24) is 10.3 Å². The highest BCUT2D eigenvalue weighted by Crippen LogP contribution is 2.49. The predicted molar refractivity (Wildman–Crippen MR) is 94.6 cm³/mol. The second kappa shape index (κ2) is 6.98. The monoisotopic (exact) mass is 342 g/mol. The van der Waals surface area contributed by atoms with Gasteiger partial charge in [-0.25, -0.2) is 0 Å². The van der Waals surface area contributed by atoms with Crippen LogP contribution >= 0.6 is 0 Å². The van der Waals surface area contributed by atoms with E-state index in [4.69, 9.17) is 0 Å². The molecule has 2 aliphatic carbocycles. The zero-order valence-electron chi connectivity index (χ0n) is 14.9. The number of hydrogen-bond acceptors (Lipinski definition) is 3. The maximum absolute atomic E-state index is 12.7. The smallest absolute Gasteiger partial charge is 0.307 e. The van der Waals surface area contributed by atoms with Gasteiger partial charge >= 0.3 is 5.97 Å². The summed E-state index contributed by atoms with van der Waals surface area (Å²) in [4.78, 5) is 28.6. The molecule has 0 bridgehead atoms. The van der Waals surface area contributed by atoms with Crippen molar-refractivity contribution in [2.75, 3.05) is 0 Å². The molecule has 2 aliphatic rings. The second-order valence-corrected chi connectivity index (χ2v) is 7.86. The molecule has 0 unspecified atom stereocenters. The van der Waals surface area contributed by atoms with Gasteiger partial charge in [-0.15, -0.1) is 0 Å². The maximum atomic E-state index is 12.7. The largest absolute Gasteiger partial charge is 0.481 e. The Bertz CT molecular complexity index is 694. The summed E-state index contributed by atoms with van der Waals surface area (Å²) in [5.74, 6) is -2.15. The van der Waals surface area contributed by atoms with Crippen molar-refractivity contribution in [2.24, 2.45) is 17.3 Å². The number of nitrogens with one attached hydrogen (secondary N) is 1. The Morgan fingerprint density at radius 3 is 2.80 bits per heavy atom. The molecule has 2 N–H and O–H groups in total. The number of hydrogen-bond donors (Lipinski definition) is 2. The van der Waals surface area contributed by atoms with Crippen molar-refractivity contribution in [3.8, 4) is 0 Å². The van der Waals surface area contributed by atoms with E-state index in [1.54, 1.807) is 12.4 Å². The summed E-state index contributed by atoms with van der Waals surface area (Å²) in [5.41, 5.74) is 3.56. The minimum Gasteiger partial charge on any atom is -0.481 e. The molecule has 2 atom stereocenters. The predicted octanol–water partition coefficient (Wildman–Crippen LogP) is 3.32. The van der Waals surface area contributed by atoms with Gasteiger partial charge in [0.05, 0.1) is 11.8 Å². The summed E-state index contributed by atoms with van der Waals surface area (Å²) in [6, 6.07) is 3.72. The van der Waals surface area contributed by atoms with Crippen molar-refractivity contribution in [3.63, 3.8) is 0 Å². The molecule has 1 aromatic rings. The number of rotatable bonds is 4. The normalized spacial score (nSPS) is 25.2. The van der Waals surface area contributed by atoms with Crippen LogP contribution in [-0.4, -0.2) is 22.0 Å². The average Bonchev–Trinajstić information content (AvgIpc) is 2.59. The van der Waals surface area contributed by atoms with E-state index in [1.165, 1.54) is 11.1 Å². The van der Waals surface area contributed by atoms with Crippen molar-refractivity contribution >= 4 is 11.9 Å². The molecule has 0 aromatic carbocycles. The number of aliphatic carboxylic acids is 1. The van der Waals surface area contributed by atoms with Gasteiger partial charge in [0.1, 0.15) is 0 Å². The molecule has 5 nitrogen and oxygen atoms in total. The highest BCUT2D eigenvalue weighted by molar-refractivity contribution is 5.85. The minimum atomic E-state index is -0.866. The fraction of sp³-hybridized carbons (Fsp3) is 0.550. The number of carboxylic acid groups (broad SMARTS) is 1. The summed E-state index contributed by atoms with van der Waals surface area (Å²) in [5, 5.41) is 12.6. The molecule has 0 aliphatic heterocycles. The van der Waals surface area contributed by atoms with E-state index in [1.807, 2.05) is 12.1 Å². The average molecular weight is 342 g/mol. The van der Waals surface area contributed by atoms with E-state index < -0.39 is 17.8 Å². The SMILES string of the molecule is CC1(C)CCCC2=C1C[C@@H](C(=O)O)[C@@H](C(=O)NCc1cccnc1)C2. The van der Waals surface area contributed by atoms with Crippen LogP contribution in [0.2, 0.25) is 0 Å². The van der Waals surface area contributed by atoms with Crippen LogP contribution in [0.5, 0.6) is 0 Å². The molecule has 5 heteroatoms. The number of allylic oxidation sites excluding steroid dienone is 2. The van der Waals surface area contributed by atoms with Crippen molar-refractivity contribution in [1.29, 1.82) is 0 Å². The van der Waals surface area contributed by atoms with Crippen molar-refractivity contribution in [3.05, 3.63) is 41.2 Å². The molecular weight excluding hydrogens is 316 g/mol. The van der Waals surface area contributed by atoms with Crippen molar-refractivity contribution in [2.45, 2.75) is 52.5 Å². The summed E-state index contributed by atoms with van der Waals surface area (Å²) in [6.07, 6.45) is 7.68. The lowest BCUT2D eigenvalue weighted by Gasteiger charge is -2.42. The lowest BCUT2D eigenvalue weighted by atomic mass is 9.63. The lowest BCUT2D eigenvalue weighted by Crippen LogP contribution is -2.42. The first-order chi connectivity index (χ1) is 11.9. The number of amides is 1. The van der Waals surface area contributed by atoms with Gasteiger partial charge in [-0.2, -0.15) is 0 Å². The molecule has 1 amide bonds. The van der Waals surface area contributed by atoms with E-state index in [9.17, 15) is 14.7 Å². The van der Waals surface area contributed by atoms with Gasteiger partial charge < -0.3 is 10.4 Å². The Hall–Kier alpha value is -2.17. The lowest BCUT2D eigenvalue weighted by molar-refractivity contribution is -0.147. The Balaban J connectivity index is 1.76. The third kappa shape index (κ3) is 3.75. The number of pyridine rings is 1. The number of nitrogens with zero attached hydrogens (tertiary/aromatic N) is 1. The molecule has 0 fully saturated rings. The molecule has 0 saturated carbocycles. The van der Waals surface area contributed by atoms with Gasteiger partial charge in [-0.05, 0) is 49.1 Å². The Morgan fingerprint density at radius 2 is 2.12 bits per heavy atom. The van der Waals surface area contributed by atoms with Crippen LogP contribution in [0.3, 0.4) is 0 Å². The topological polar surface area (TPSA) is 79.3 Å². The van der Waals surface area contributed by atoms with E-state index in [0.29, 0.717) is 19.4 Å². The summed E-state index contributed by atoms with van der Waals surface area (Å²) < 4.78 is 0. The first-order valence-electron chi connectivity index (χ1n) is 8.99. The molecule has 25 heavy (non-hydrogen) atoms. The van der Waals surface area contributed by atoms with Crippen LogP contribution in [0.15, 0.2) is 35.7 Å². The third-order valence-electron chi connectivity index (χ3n) is 5.74. The zero-order valence-corrected chi connectivity index (χ0v) is 14.9. The number of carbonyl (C=O) groups excluding carboxylic acids is 1. The number of carboxylic acids is 1. The van der Waals surface area contributed by atoms with Crippen LogP contribution in [-0.2, 0) is 16.1 Å². The van der Waals surface area contributed by atoms with E-state index in [0.717, 1.165) is 24.8 Å². The standard InChI is InChI=1S/C20H26N2O3/c1-20(2)7-3-6-14-9-15(16(19(24)25)10-17(14)20)18(23)22-12-13-5-4-8-21-11-13/h4-5,8,11,15-16H,3,6-7,9-10,12H2,1-2H3,(H,22,23)(H,24,25)/t15-,16+/m0/s1. The highest BCUT2D eigenvalue weighted by Gasteiger charge is 2.43. The molecule has 0 radical (unpaired) electrons. The van der Waals surface area contributed by atoms with Gasteiger partial charge in [0.15, 0.2) is 0 Å². The summed E-state index contributed by atoms with van der Waals surface area (Å²) in [7, 11) is 0. The quantitative estimate of drug-likeness (QED) is 0.823. The van der Waals surface area contributed by atoms with Crippen LogP contribution in [0.4, 0.5) is 0 Å². The minimum absolute atomic E-state index is 0.0540. The van der Waals surface area contributed by atoms with Gasteiger partial charge in [-0.1, -0.05) is 31.1 Å². The molecular formula is C20H26N2O3. The Labute approximate surface area is 148 Å². The van der Waals surface area contributed by atoms with E-state index in [-0.39, 0.29) is 11.3 Å². The fourth-order valence-electron chi connectivity index (χ4n) is 4.30. The van der Waals surface area contributed by atoms with Crippen LogP contribution in [0.25, 0.3) is 0 Å². The van der Waals surface area contributed by atoms with Crippen LogP contribution < -0.4 is 5.32 Å². The molecule has 0 saturated heterocycles. The van der Waals surface area contributed by atoms with Gasteiger partial charge in [0, 0.05) is 18.9 Å². The molecule has 1 aromatic heterocycles. The first-order valence-corrected chi connectivity index (χ1v) is 8.99.